The zero-order valence-corrected chi connectivity index (χ0v) is 10.1. The van der Waals surface area contributed by atoms with Crippen LogP contribution in [-0.2, 0) is 4.74 Å². The Morgan fingerprint density at radius 3 is 2.27 bits per heavy atom. The first kappa shape index (κ1) is 12.9. The fourth-order valence-corrected chi connectivity index (χ4v) is 1.99. The van der Waals surface area contributed by atoms with Crippen molar-refractivity contribution in [2.75, 3.05) is 52.9 Å². The number of likely N-dealkylation sites (N-methyl/N-ethyl adjacent to an activating group) is 1. The highest BCUT2D eigenvalue weighted by atomic mass is 16.5. The number of hydrogen-bond acceptors (Lipinski definition) is 4. The lowest BCUT2D eigenvalue weighted by Crippen LogP contribution is -2.47. The molecule has 2 N–H and O–H groups in total. The summed E-state index contributed by atoms with van der Waals surface area (Å²) in [6.07, 6.45) is 1.29. The zero-order chi connectivity index (χ0) is 11.1. The second kappa shape index (κ2) is 7.17. The highest BCUT2D eigenvalue weighted by molar-refractivity contribution is 4.72. The number of nitrogens with two attached hydrogens (primary N) is 1. The number of nitrogens with zero attached hydrogens (tertiary/aromatic N) is 2. The summed E-state index contributed by atoms with van der Waals surface area (Å²) in [5.74, 6) is 0. The molecule has 0 amide bonds. The van der Waals surface area contributed by atoms with E-state index in [-0.39, 0.29) is 6.10 Å². The van der Waals surface area contributed by atoms with Gasteiger partial charge >= 0.3 is 0 Å². The maximum Gasteiger partial charge on any atom is 0.0705 e. The number of hydrogen-bond donors (Lipinski definition) is 1. The molecule has 1 heterocycles. The molecule has 90 valence electrons. The predicted molar refractivity (Wildman–Crippen MR) is 63.0 cm³/mol. The summed E-state index contributed by atoms with van der Waals surface area (Å²) < 4.78 is 5.27. The Hall–Kier alpha value is -0.160. The van der Waals surface area contributed by atoms with E-state index in [2.05, 4.69) is 16.7 Å². The first-order valence-electron chi connectivity index (χ1n) is 5.97. The Morgan fingerprint density at radius 1 is 1.20 bits per heavy atom. The van der Waals surface area contributed by atoms with Crippen LogP contribution in [0.2, 0.25) is 0 Å². The third-order valence-corrected chi connectivity index (χ3v) is 3.28. The average Bonchev–Trinajstić information content (AvgIpc) is 2.31. The largest absolute Gasteiger partial charge is 0.380 e. The van der Waals surface area contributed by atoms with Gasteiger partial charge in [0.15, 0.2) is 0 Å². The van der Waals surface area contributed by atoms with Crippen LogP contribution in [0, 0.1) is 0 Å². The van der Waals surface area contributed by atoms with Crippen molar-refractivity contribution in [1.82, 2.24) is 9.80 Å². The summed E-state index contributed by atoms with van der Waals surface area (Å²) in [5, 5.41) is 0. The Morgan fingerprint density at radius 2 is 1.80 bits per heavy atom. The van der Waals surface area contributed by atoms with Gasteiger partial charge in [0.2, 0.25) is 0 Å². The molecule has 1 aliphatic rings. The summed E-state index contributed by atoms with van der Waals surface area (Å²) in [7, 11) is 1.74. The summed E-state index contributed by atoms with van der Waals surface area (Å²) in [4.78, 5) is 5.00. The second-order valence-electron chi connectivity index (χ2n) is 4.16. The molecule has 1 unspecified atom stereocenters. The van der Waals surface area contributed by atoms with Crippen LogP contribution in [0.15, 0.2) is 0 Å². The molecular formula is C11H25N3O. The molecule has 0 aliphatic carbocycles. The monoisotopic (exact) mass is 215 g/mol. The van der Waals surface area contributed by atoms with Crippen LogP contribution in [0.1, 0.15) is 13.3 Å². The maximum atomic E-state index is 5.59. The van der Waals surface area contributed by atoms with E-state index in [0.717, 1.165) is 13.0 Å². The van der Waals surface area contributed by atoms with Crippen molar-refractivity contribution >= 4 is 0 Å². The van der Waals surface area contributed by atoms with E-state index in [0.29, 0.717) is 6.54 Å². The molecule has 4 heteroatoms. The normalized spacial score (nSPS) is 21.8. The second-order valence-corrected chi connectivity index (χ2v) is 4.16. The lowest BCUT2D eigenvalue weighted by molar-refractivity contribution is 0.0760. The third-order valence-electron chi connectivity index (χ3n) is 3.28. The highest BCUT2D eigenvalue weighted by Gasteiger charge is 2.16. The predicted octanol–water partition coefficient (Wildman–Crippen LogP) is -0.0123. The van der Waals surface area contributed by atoms with Gasteiger partial charge in [0.25, 0.3) is 0 Å². The van der Waals surface area contributed by atoms with E-state index in [1.807, 2.05) is 0 Å². The molecule has 1 saturated heterocycles. The molecule has 1 rings (SSSR count). The van der Waals surface area contributed by atoms with E-state index in [4.69, 9.17) is 10.5 Å². The first-order chi connectivity index (χ1) is 7.30. The SMILES string of the molecule is CCN1CCN(CCC(CN)OC)CC1. The van der Waals surface area contributed by atoms with Gasteiger partial charge in [-0.15, -0.1) is 0 Å². The maximum absolute atomic E-state index is 5.59. The van der Waals surface area contributed by atoms with Crippen LogP contribution in [-0.4, -0.2) is 68.8 Å². The van der Waals surface area contributed by atoms with Crippen LogP contribution < -0.4 is 5.73 Å². The molecule has 0 aromatic carbocycles. The lowest BCUT2D eigenvalue weighted by Gasteiger charge is -2.34. The fourth-order valence-electron chi connectivity index (χ4n) is 1.99. The minimum Gasteiger partial charge on any atom is -0.380 e. The molecule has 0 aromatic heterocycles. The van der Waals surface area contributed by atoms with Crippen LogP contribution in [0.5, 0.6) is 0 Å². The Labute approximate surface area is 93.4 Å². The Bertz CT molecular complexity index is 154. The van der Waals surface area contributed by atoms with Crippen molar-refractivity contribution in [1.29, 1.82) is 0 Å². The lowest BCUT2D eigenvalue weighted by atomic mass is 10.2. The van der Waals surface area contributed by atoms with E-state index in [1.54, 1.807) is 7.11 Å². The van der Waals surface area contributed by atoms with Gasteiger partial charge in [-0.1, -0.05) is 6.92 Å². The molecule has 15 heavy (non-hydrogen) atoms. The van der Waals surface area contributed by atoms with Crippen molar-refractivity contribution in [2.24, 2.45) is 5.73 Å². The number of methoxy groups -OCH3 is 1. The van der Waals surface area contributed by atoms with E-state index >= 15 is 0 Å². The number of ether oxygens (including phenoxy) is 1. The number of piperazine rings is 1. The van der Waals surface area contributed by atoms with Crippen molar-refractivity contribution in [2.45, 2.75) is 19.4 Å². The topological polar surface area (TPSA) is 41.7 Å². The van der Waals surface area contributed by atoms with Crippen LogP contribution in [0.4, 0.5) is 0 Å². The molecule has 0 aromatic rings. The van der Waals surface area contributed by atoms with Crippen LogP contribution in [0.3, 0.4) is 0 Å². The molecule has 1 atom stereocenters. The first-order valence-corrected chi connectivity index (χ1v) is 5.97. The van der Waals surface area contributed by atoms with Gasteiger partial charge in [0, 0.05) is 46.4 Å². The number of rotatable bonds is 6. The quantitative estimate of drug-likeness (QED) is 0.676. The minimum atomic E-state index is 0.231. The molecule has 0 saturated carbocycles. The molecule has 0 radical (unpaired) electrons. The molecule has 4 nitrogen and oxygen atoms in total. The highest BCUT2D eigenvalue weighted by Crippen LogP contribution is 2.04. The average molecular weight is 215 g/mol. The molecule has 1 aliphatic heterocycles. The molecule has 0 bridgehead atoms. The molecule has 1 fully saturated rings. The summed E-state index contributed by atoms with van der Waals surface area (Å²) >= 11 is 0. The van der Waals surface area contributed by atoms with Gasteiger partial charge in [-0.25, -0.2) is 0 Å². The van der Waals surface area contributed by atoms with Crippen molar-refractivity contribution < 1.29 is 4.74 Å². The van der Waals surface area contributed by atoms with Gasteiger partial charge in [0.1, 0.15) is 0 Å². The Kier molecular flexibility index (Phi) is 6.17. The Balaban J connectivity index is 2.12. The summed E-state index contributed by atoms with van der Waals surface area (Å²) in [6, 6.07) is 0. The van der Waals surface area contributed by atoms with Gasteiger partial charge in [-0.3, -0.25) is 0 Å². The van der Waals surface area contributed by atoms with Crippen molar-refractivity contribution in [3.8, 4) is 0 Å². The fraction of sp³-hybridized carbons (Fsp3) is 1.00. The van der Waals surface area contributed by atoms with Gasteiger partial charge in [-0.2, -0.15) is 0 Å². The standard InChI is InChI=1S/C11H25N3O/c1-3-13-6-8-14(9-7-13)5-4-11(10-12)15-2/h11H,3-10,12H2,1-2H3. The summed E-state index contributed by atoms with van der Waals surface area (Å²) in [5.41, 5.74) is 5.59. The van der Waals surface area contributed by atoms with Crippen LogP contribution >= 0.6 is 0 Å². The van der Waals surface area contributed by atoms with E-state index < -0.39 is 0 Å². The summed E-state index contributed by atoms with van der Waals surface area (Å²) in [6.45, 7) is 9.94. The molecular weight excluding hydrogens is 190 g/mol. The van der Waals surface area contributed by atoms with E-state index in [9.17, 15) is 0 Å². The molecule has 0 spiro atoms. The van der Waals surface area contributed by atoms with Crippen molar-refractivity contribution in [3.63, 3.8) is 0 Å². The van der Waals surface area contributed by atoms with Gasteiger partial charge < -0.3 is 20.3 Å². The van der Waals surface area contributed by atoms with E-state index in [1.165, 1.54) is 32.7 Å². The minimum absolute atomic E-state index is 0.231. The van der Waals surface area contributed by atoms with Crippen LogP contribution in [0.25, 0.3) is 0 Å². The van der Waals surface area contributed by atoms with Gasteiger partial charge in [-0.05, 0) is 13.0 Å². The zero-order valence-electron chi connectivity index (χ0n) is 10.1. The smallest absolute Gasteiger partial charge is 0.0705 e. The third kappa shape index (κ3) is 4.47. The van der Waals surface area contributed by atoms with Gasteiger partial charge in [0.05, 0.1) is 6.10 Å². The van der Waals surface area contributed by atoms with Crippen molar-refractivity contribution in [3.05, 3.63) is 0 Å².